The Labute approximate surface area is 121 Å². The number of aliphatic hydroxyl groups is 1. The highest BCUT2D eigenvalue weighted by molar-refractivity contribution is 8.00. The summed E-state index contributed by atoms with van der Waals surface area (Å²) in [5.74, 6) is 7.34. The van der Waals surface area contributed by atoms with Crippen LogP contribution in [0.2, 0.25) is 0 Å². The molecule has 98 valence electrons. The van der Waals surface area contributed by atoms with Crippen LogP contribution in [0.4, 0.5) is 0 Å². The van der Waals surface area contributed by atoms with Gasteiger partial charge in [-0.25, -0.2) is 0 Å². The second-order valence-corrected chi connectivity index (χ2v) is 5.93. The highest BCUT2D eigenvalue weighted by Gasteiger charge is 2.04. The van der Waals surface area contributed by atoms with Crippen LogP contribution in [0.25, 0.3) is 0 Å². The quantitative estimate of drug-likeness (QED) is 0.691. The first-order valence-corrected chi connectivity index (χ1v) is 7.63. The lowest BCUT2D eigenvalue weighted by atomic mass is 10.1. The Hall–Kier alpha value is -1.41. The summed E-state index contributed by atoms with van der Waals surface area (Å²) in [5.41, 5.74) is 2.07. The predicted octanol–water partition coefficient (Wildman–Crippen LogP) is 3.39. The number of thioether (sulfide) groups is 1. The van der Waals surface area contributed by atoms with Gasteiger partial charge in [0.1, 0.15) is 12.4 Å². The molecule has 1 aromatic heterocycles. The molecule has 0 saturated heterocycles. The van der Waals surface area contributed by atoms with Gasteiger partial charge in [-0.15, -0.1) is 23.1 Å². The lowest BCUT2D eigenvalue weighted by molar-refractivity contribution is 0.350. The number of aliphatic hydroxyl groups excluding tert-OH is 1. The van der Waals surface area contributed by atoms with Crippen molar-refractivity contribution in [2.24, 2.45) is 0 Å². The van der Waals surface area contributed by atoms with Gasteiger partial charge in [-0.1, -0.05) is 17.9 Å². The average Bonchev–Trinajstić information content (AvgIpc) is 2.96. The number of hydrogen-bond donors (Lipinski definition) is 1. The molecule has 1 aromatic carbocycles. The third kappa shape index (κ3) is 4.03. The van der Waals surface area contributed by atoms with E-state index in [0.29, 0.717) is 0 Å². The molecule has 0 saturated carbocycles. The van der Waals surface area contributed by atoms with Gasteiger partial charge in [0.15, 0.2) is 0 Å². The van der Waals surface area contributed by atoms with Gasteiger partial charge in [-0.05, 0) is 35.2 Å². The zero-order chi connectivity index (χ0) is 13.5. The molecule has 2 rings (SSSR count). The minimum Gasteiger partial charge on any atom is -0.497 e. The summed E-state index contributed by atoms with van der Waals surface area (Å²) in [4.78, 5) is 0. The number of ether oxygens (including phenoxy) is 1. The Bertz CT molecular complexity index is 580. The molecule has 0 aliphatic rings. The molecule has 4 heteroatoms. The molecule has 0 atom stereocenters. The zero-order valence-electron chi connectivity index (χ0n) is 10.6. The Morgan fingerprint density at radius 2 is 2.26 bits per heavy atom. The summed E-state index contributed by atoms with van der Waals surface area (Å²) in [6.45, 7) is -0.121. The van der Waals surface area contributed by atoms with Gasteiger partial charge < -0.3 is 9.84 Å². The van der Waals surface area contributed by atoms with Crippen molar-refractivity contribution in [3.63, 3.8) is 0 Å². The lowest BCUT2D eigenvalue weighted by Crippen LogP contribution is -1.91. The van der Waals surface area contributed by atoms with Gasteiger partial charge in [-0.3, -0.25) is 0 Å². The molecule has 0 bridgehead atoms. The van der Waals surface area contributed by atoms with E-state index in [1.54, 1.807) is 30.2 Å². The first-order valence-electron chi connectivity index (χ1n) is 5.76. The van der Waals surface area contributed by atoms with Gasteiger partial charge in [0.2, 0.25) is 0 Å². The highest BCUT2D eigenvalue weighted by Crippen LogP contribution is 2.29. The molecule has 0 fully saturated rings. The molecule has 19 heavy (non-hydrogen) atoms. The summed E-state index contributed by atoms with van der Waals surface area (Å²) < 4.78 is 6.53. The second-order valence-electron chi connectivity index (χ2n) is 3.70. The molecule has 1 N–H and O–H groups in total. The lowest BCUT2D eigenvalue weighted by Gasteiger charge is -2.07. The van der Waals surface area contributed by atoms with Crippen molar-refractivity contribution >= 4 is 23.1 Å². The van der Waals surface area contributed by atoms with E-state index in [0.717, 1.165) is 22.6 Å². The van der Waals surface area contributed by atoms with Crippen molar-refractivity contribution in [1.29, 1.82) is 0 Å². The van der Waals surface area contributed by atoms with E-state index in [1.165, 1.54) is 4.21 Å². The van der Waals surface area contributed by atoms with Crippen molar-refractivity contribution in [2.45, 2.75) is 9.96 Å². The van der Waals surface area contributed by atoms with Crippen LogP contribution in [0.5, 0.6) is 5.75 Å². The summed E-state index contributed by atoms with van der Waals surface area (Å²) >= 11 is 3.51. The second kappa shape index (κ2) is 7.25. The van der Waals surface area contributed by atoms with Crippen molar-refractivity contribution < 1.29 is 9.84 Å². The smallest absolute Gasteiger partial charge is 0.119 e. The third-order valence-electron chi connectivity index (χ3n) is 2.48. The maximum atomic E-state index is 8.80. The number of benzene rings is 1. The molecule has 0 aliphatic carbocycles. The van der Waals surface area contributed by atoms with Gasteiger partial charge in [-0.2, -0.15) is 0 Å². The van der Waals surface area contributed by atoms with Crippen molar-refractivity contribution in [3.8, 4) is 17.6 Å². The standard InChI is InChI=1S/C15H14O2S2/c1-17-14-7-6-12(4-2-8-16)13(10-14)11-19-15-5-3-9-18-15/h3,5-7,9-10,16H,8,11H2,1H3. The molecule has 1 heterocycles. The highest BCUT2D eigenvalue weighted by atomic mass is 32.2. The summed E-state index contributed by atoms with van der Waals surface area (Å²) in [7, 11) is 1.66. The van der Waals surface area contributed by atoms with Crippen LogP contribution in [-0.4, -0.2) is 18.8 Å². The van der Waals surface area contributed by atoms with E-state index in [-0.39, 0.29) is 6.61 Å². The van der Waals surface area contributed by atoms with E-state index in [4.69, 9.17) is 9.84 Å². The van der Waals surface area contributed by atoms with Crippen molar-refractivity contribution in [1.82, 2.24) is 0 Å². The first-order chi connectivity index (χ1) is 9.33. The normalized spacial score (nSPS) is 9.79. The number of thiophene rings is 1. The van der Waals surface area contributed by atoms with Crippen LogP contribution in [0, 0.1) is 11.8 Å². The third-order valence-corrected chi connectivity index (χ3v) is 4.66. The molecule has 0 unspecified atom stereocenters. The molecule has 0 radical (unpaired) electrons. The van der Waals surface area contributed by atoms with Crippen LogP contribution in [0.15, 0.2) is 39.9 Å². The Balaban J connectivity index is 2.19. The molecule has 0 amide bonds. The van der Waals surface area contributed by atoms with Crippen LogP contribution < -0.4 is 4.74 Å². The summed E-state index contributed by atoms with van der Waals surface area (Å²) in [6.07, 6.45) is 0. The molecule has 2 aromatic rings. The van der Waals surface area contributed by atoms with Crippen LogP contribution in [0.1, 0.15) is 11.1 Å². The largest absolute Gasteiger partial charge is 0.497 e. The average molecular weight is 290 g/mol. The minimum atomic E-state index is -0.121. The molecule has 2 nitrogen and oxygen atoms in total. The predicted molar refractivity (Wildman–Crippen MR) is 80.8 cm³/mol. The van der Waals surface area contributed by atoms with Gasteiger partial charge in [0.05, 0.1) is 11.3 Å². The fourth-order valence-electron chi connectivity index (χ4n) is 1.57. The fraction of sp³-hybridized carbons (Fsp3) is 0.200. The molecule has 0 spiro atoms. The minimum absolute atomic E-state index is 0.121. The number of methoxy groups -OCH3 is 1. The van der Waals surface area contributed by atoms with Crippen molar-refractivity contribution in [3.05, 3.63) is 46.8 Å². The van der Waals surface area contributed by atoms with Crippen LogP contribution in [0.3, 0.4) is 0 Å². The maximum Gasteiger partial charge on any atom is 0.119 e. The number of rotatable bonds is 4. The first kappa shape index (κ1) is 14.0. The summed E-state index contributed by atoms with van der Waals surface area (Å²) in [5, 5.41) is 10.9. The molecular weight excluding hydrogens is 276 g/mol. The van der Waals surface area contributed by atoms with Gasteiger partial charge in [0.25, 0.3) is 0 Å². The van der Waals surface area contributed by atoms with Crippen molar-refractivity contribution in [2.75, 3.05) is 13.7 Å². The van der Waals surface area contributed by atoms with Crippen LogP contribution >= 0.6 is 23.1 Å². The fourth-order valence-corrected chi connectivity index (χ4v) is 3.34. The zero-order valence-corrected chi connectivity index (χ0v) is 12.2. The van der Waals surface area contributed by atoms with E-state index < -0.39 is 0 Å². The van der Waals surface area contributed by atoms with Crippen LogP contribution in [-0.2, 0) is 5.75 Å². The van der Waals surface area contributed by atoms with Gasteiger partial charge in [0, 0.05) is 11.3 Å². The SMILES string of the molecule is COc1ccc(C#CCO)c(CSc2cccs2)c1. The van der Waals surface area contributed by atoms with E-state index in [9.17, 15) is 0 Å². The van der Waals surface area contributed by atoms with Gasteiger partial charge >= 0.3 is 0 Å². The monoisotopic (exact) mass is 290 g/mol. The maximum absolute atomic E-state index is 8.80. The number of hydrogen-bond acceptors (Lipinski definition) is 4. The Morgan fingerprint density at radius 3 is 2.95 bits per heavy atom. The van der Waals surface area contributed by atoms with E-state index in [1.807, 2.05) is 24.3 Å². The van der Waals surface area contributed by atoms with E-state index >= 15 is 0 Å². The summed E-state index contributed by atoms with van der Waals surface area (Å²) in [6, 6.07) is 9.98. The molecular formula is C15H14O2S2. The Kier molecular flexibility index (Phi) is 5.34. The van der Waals surface area contributed by atoms with E-state index in [2.05, 4.69) is 23.3 Å². The molecule has 0 aliphatic heterocycles. The Morgan fingerprint density at radius 1 is 1.37 bits per heavy atom. The topological polar surface area (TPSA) is 29.5 Å².